The molecule has 0 aromatic heterocycles. The zero-order chi connectivity index (χ0) is 22.4. The molecule has 4 atom stereocenters. The summed E-state index contributed by atoms with van der Waals surface area (Å²) in [6, 6.07) is -1.24. The lowest BCUT2D eigenvalue weighted by atomic mass is 9.95. The Morgan fingerprint density at radius 2 is 1.86 bits per heavy atom. The Morgan fingerprint density at radius 1 is 1.24 bits per heavy atom. The molecule has 1 fully saturated rings. The van der Waals surface area contributed by atoms with Crippen LogP contribution >= 0.6 is 22.6 Å². The van der Waals surface area contributed by atoms with Crippen LogP contribution in [0.1, 0.15) is 48.0 Å². The molecule has 1 saturated heterocycles. The van der Waals surface area contributed by atoms with Gasteiger partial charge in [-0.25, -0.2) is 9.59 Å². The normalized spacial score (nSPS) is 25.8. The standard InChI is InChI=1S/C19H30INO8/c1-10(2)15(22)28-14-11(3)27-17(24)13(21-18(25)29-19(4,5)6)9-26-16(23)12(14)7-8-20/h10-14H,7-9H2,1-6H3,(H,21,25)/t11-,12-,13-,14-/m0/s1. The summed E-state index contributed by atoms with van der Waals surface area (Å²) in [5.41, 5.74) is -0.766. The quantitative estimate of drug-likeness (QED) is 0.251. The van der Waals surface area contributed by atoms with Gasteiger partial charge in [-0.05, 0) is 34.1 Å². The molecule has 166 valence electrons. The van der Waals surface area contributed by atoms with Crippen LogP contribution in [0.15, 0.2) is 0 Å². The van der Waals surface area contributed by atoms with Gasteiger partial charge in [0.2, 0.25) is 0 Å². The molecule has 0 saturated carbocycles. The highest BCUT2D eigenvalue weighted by Crippen LogP contribution is 2.24. The topological polar surface area (TPSA) is 117 Å². The zero-order valence-corrected chi connectivity index (χ0v) is 19.8. The third-order valence-electron chi connectivity index (χ3n) is 3.98. The van der Waals surface area contributed by atoms with Crippen molar-refractivity contribution in [3.8, 4) is 0 Å². The summed E-state index contributed by atoms with van der Waals surface area (Å²) < 4.78 is 21.9. The van der Waals surface area contributed by atoms with Gasteiger partial charge >= 0.3 is 24.0 Å². The number of hydrogen-bond acceptors (Lipinski definition) is 8. The number of esters is 3. The number of alkyl carbamates (subject to hydrolysis) is 1. The number of ether oxygens (including phenoxy) is 4. The fourth-order valence-electron chi connectivity index (χ4n) is 2.53. The van der Waals surface area contributed by atoms with Crippen LogP contribution in [0, 0.1) is 11.8 Å². The second-order valence-electron chi connectivity index (χ2n) is 8.11. The second-order valence-corrected chi connectivity index (χ2v) is 9.19. The van der Waals surface area contributed by atoms with Crippen molar-refractivity contribution in [2.24, 2.45) is 11.8 Å². The number of carbonyl (C=O) groups is 4. The smallest absolute Gasteiger partial charge is 0.408 e. The number of amides is 1. The van der Waals surface area contributed by atoms with E-state index >= 15 is 0 Å². The maximum Gasteiger partial charge on any atom is 0.408 e. The van der Waals surface area contributed by atoms with E-state index < -0.39 is 66.3 Å². The van der Waals surface area contributed by atoms with Gasteiger partial charge in [-0.1, -0.05) is 36.4 Å². The second kappa shape index (κ2) is 11.0. The van der Waals surface area contributed by atoms with Crippen molar-refractivity contribution in [2.75, 3.05) is 11.0 Å². The van der Waals surface area contributed by atoms with Crippen LogP contribution in [0.3, 0.4) is 0 Å². The highest BCUT2D eigenvalue weighted by molar-refractivity contribution is 14.1. The Kier molecular flexibility index (Phi) is 9.63. The first-order chi connectivity index (χ1) is 13.4. The van der Waals surface area contributed by atoms with Crippen LogP contribution in [-0.2, 0) is 33.3 Å². The summed E-state index contributed by atoms with van der Waals surface area (Å²) in [7, 11) is 0. The molecule has 1 amide bonds. The molecular weight excluding hydrogens is 497 g/mol. The van der Waals surface area contributed by atoms with Gasteiger partial charge in [0.15, 0.2) is 12.1 Å². The lowest BCUT2D eigenvalue weighted by molar-refractivity contribution is -0.176. The van der Waals surface area contributed by atoms with E-state index in [2.05, 4.69) is 27.9 Å². The number of halogens is 1. The van der Waals surface area contributed by atoms with Crippen molar-refractivity contribution in [3.05, 3.63) is 0 Å². The van der Waals surface area contributed by atoms with Crippen molar-refractivity contribution in [3.63, 3.8) is 0 Å². The number of cyclic esters (lactones) is 2. The summed E-state index contributed by atoms with van der Waals surface area (Å²) in [6.07, 6.45) is -2.36. The Labute approximate surface area is 184 Å². The number of rotatable bonds is 5. The van der Waals surface area contributed by atoms with E-state index in [9.17, 15) is 19.2 Å². The fourth-order valence-corrected chi connectivity index (χ4v) is 3.20. The fraction of sp³-hybridized carbons (Fsp3) is 0.789. The van der Waals surface area contributed by atoms with E-state index in [-0.39, 0.29) is 0 Å². The summed E-state index contributed by atoms with van der Waals surface area (Å²) >= 11 is 2.10. The van der Waals surface area contributed by atoms with Crippen molar-refractivity contribution in [2.45, 2.75) is 71.8 Å². The molecule has 0 radical (unpaired) electrons. The Bertz CT molecular complexity index is 616. The van der Waals surface area contributed by atoms with E-state index in [1.807, 2.05) is 0 Å². The Hall–Kier alpha value is -1.59. The summed E-state index contributed by atoms with van der Waals surface area (Å²) in [5, 5.41) is 2.36. The van der Waals surface area contributed by atoms with Gasteiger partial charge in [-0.2, -0.15) is 0 Å². The lowest BCUT2D eigenvalue weighted by Gasteiger charge is -2.29. The lowest BCUT2D eigenvalue weighted by Crippen LogP contribution is -2.48. The first kappa shape index (κ1) is 25.4. The van der Waals surface area contributed by atoms with E-state index in [0.29, 0.717) is 10.8 Å². The summed E-state index contributed by atoms with van der Waals surface area (Å²) in [4.78, 5) is 49.3. The Morgan fingerprint density at radius 3 is 2.38 bits per heavy atom. The minimum atomic E-state index is -1.24. The van der Waals surface area contributed by atoms with Gasteiger partial charge in [0.1, 0.15) is 18.3 Å². The van der Waals surface area contributed by atoms with Gasteiger partial charge in [0, 0.05) is 4.43 Å². The van der Waals surface area contributed by atoms with E-state index in [0.717, 1.165) is 0 Å². The average Bonchev–Trinajstić information content (AvgIpc) is 2.61. The number of carbonyl (C=O) groups excluding carboxylic acids is 4. The minimum Gasteiger partial charge on any atom is -0.463 e. The molecule has 1 heterocycles. The van der Waals surface area contributed by atoms with Crippen LogP contribution in [0.5, 0.6) is 0 Å². The van der Waals surface area contributed by atoms with E-state index in [1.54, 1.807) is 41.5 Å². The van der Waals surface area contributed by atoms with E-state index in [1.165, 1.54) is 0 Å². The van der Waals surface area contributed by atoms with Crippen molar-refractivity contribution in [1.29, 1.82) is 0 Å². The molecule has 1 rings (SSSR count). The van der Waals surface area contributed by atoms with Crippen molar-refractivity contribution in [1.82, 2.24) is 5.32 Å². The summed E-state index contributed by atoms with van der Waals surface area (Å²) in [6.45, 7) is 9.50. The molecule has 0 aliphatic carbocycles. The monoisotopic (exact) mass is 527 g/mol. The number of nitrogens with one attached hydrogen (secondary N) is 1. The van der Waals surface area contributed by atoms with Crippen LogP contribution in [0.25, 0.3) is 0 Å². The molecule has 0 unspecified atom stereocenters. The maximum atomic E-state index is 12.7. The minimum absolute atomic E-state index is 0.376. The molecule has 9 nitrogen and oxygen atoms in total. The molecule has 0 spiro atoms. The third kappa shape index (κ3) is 8.35. The molecular formula is C19H30INO8. The SMILES string of the molecule is CC(C)C(=O)O[C@H]1[C@H](C)OC(=O)[C@@H](NC(=O)OC(C)(C)C)COC(=O)[C@H]1CCI. The molecule has 1 aliphatic heterocycles. The maximum absolute atomic E-state index is 12.7. The van der Waals surface area contributed by atoms with Crippen LogP contribution in [0.2, 0.25) is 0 Å². The molecule has 29 heavy (non-hydrogen) atoms. The predicted octanol–water partition coefficient (Wildman–Crippen LogP) is 2.38. The number of alkyl halides is 1. The van der Waals surface area contributed by atoms with Crippen LogP contribution < -0.4 is 5.32 Å². The van der Waals surface area contributed by atoms with Crippen LogP contribution in [0.4, 0.5) is 4.79 Å². The molecule has 0 aromatic rings. The largest absolute Gasteiger partial charge is 0.463 e. The third-order valence-corrected chi connectivity index (χ3v) is 4.60. The van der Waals surface area contributed by atoms with Crippen molar-refractivity contribution >= 4 is 46.6 Å². The molecule has 1 aliphatic rings. The summed E-state index contributed by atoms with van der Waals surface area (Å²) in [5.74, 6) is -3.14. The molecule has 10 heteroatoms. The zero-order valence-electron chi connectivity index (χ0n) is 17.7. The van der Waals surface area contributed by atoms with Crippen LogP contribution in [-0.4, -0.2) is 58.9 Å². The highest BCUT2D eigenvalue weighted by Gasteiger charge is 2.41. The van der Waals surface area contributed by atoms with Gasteiger partial charge in [0.05, 0.1) is 11.8 Å². The molecule has 0 aromatic carbocycles. The van der Waals surface area contributed by atoms with Gasteiger partial charge in [-0.3, -0.25) is 9.59 Å². The highest BCUT2D eigenvalue weighted by atomic mass is 127. The van der Waals surface area contributed by atoms with Gasteiger partial charge in [-0.15, -0.1) is 0 Å². The van der Waals surface area contributed by atoms with E-state index in [4.69, 9.17) is 18.9 Å². The predicted molar refractivity (Wildman–Crippen MR) is 111 cm³/mol. The average molecular weight is 527 g/mol. The number of hydrogen-bond donors (Lipinski definition) is 1. The first-order valence-electron chi connectivity index (χ1n) is 9.48. The Balaban J connectivity index is 3.05. The first-order valence-corrected chi connectivity index (χ1v) is 11.0. The molecule has 0 bridgehead atoms. The van der Waals surface area contributed by atoms with Gasteiger partial charge in [0.25, 0.3) is 0 Å². The van der Waals surface area contributed by atoms with Crippen molar-refractivity contribution < 1.29 is 38.1 Å². The molecule has 1 N–H and O–H groups in total. The van der Waals surface area contributed by atoms with Gasteiger partial charge < -0.3 is 24.3 Å².